The van der Waals surface area contributed by atoms with Crippen LogP contribution in [0.1, 0.15) is 5.56 Å². The van der Waals surface area contributed by atoms with Gasteiger partial charge in [0.15, 0.2) is 0 Å². The Morgan fingerprint density at radius 1 is 1.18 bits per heavy atom. The molecule has 0 unspecified atom stereocenters. The number of nitrogen functional groups attached to an aromatic ring is 1. The van der Waals surface area contributed by atoms with Gasteiger partial charge in [0.2, 0.25) is 0 Å². The lowest BCUT2D eigenvalue weighted by Gasteiger charge is -2.12. The van der Waals surface area contributed by atoms with Gasteiger partial charge in [-0.1, -0.05) is 23.7 Å². The number of rotatable bonds is 2. The number of para-hydroxylation sites is 1. The second-order valence-electron chi connectivity index (χ2n) is 3.81. The summed E-state index contributed by atoms with van der Waals surface area (Å²) in [6, 6.07) is 11.6. The van der Waals surface area contributed by atoms with Crippen LogP contribution < -0.4 is 11.1 Å². The third-order valence-corrected chi connectivity index (χ3v) is 3.43. The van der Waals surface area contributed by atoms with Crippen molar-refractivity contribution in [1.29, 1.82) is 0 Å². The van der Waals surface area contributed by atoms with Crippen LogP contribution in [0.2, 0.25) is 5.02 Å². The molecule has 0 heterocycles. The first kappa shape index (κ1) is 12.3. The molecule has 0 aliphatic heterocycles. The summed E-state index contributed by atoms with van der Waals surface area (Å²) in [4.78, 5) is 0. The van der Waals surface area contributed by atoms with Gasteiger partial charge in [-0.2, -0.15) is 0 Å². The molecule has 4 heteroatoms. The number of halogens is 2. The Hall–Kier alpha value is -1.19. The number of anilines is 3. The average Bonchev–Trinajstić information content (AvgIpc) is 2.28. The second kappa shape index (κ2) is 4.98. The van der Waals surface area contributed by atoms with Crippen molar-refractivity contribution >= 4 is 44.6 Å². The van der Waals surface area contributed by atoms with Gasteiger partial charge in [0, 0.05) is 4.47 Å². The van der Waals surface area contributed by atoms with Crippen molar-refractivity contribution in [3.63, 3.8) is 0 Å². The van der Waals surface area contributed by atoms with Crippen molar-refractivity contribution in [2.75, 3.05) is 11.1 Å². The lowest BCUT2D eigenvalue weighted by atomic mass is 10.2. The fourth-order valence-corrected chi connectivity index (χ4v) is 2.28. The van der Waals surface area contributed by atoms with Crippen LogP contribution >= 0.6 is 27.5 Å². The highest BCUT2D eigenvalue weighted by Gasteiger charge is 2.05. The van der Waals surface area contributed by atoms with Crippen LogP contribution in [0.15, 0.2) is 40.9 Å². The molecule has 0 spiro atoms. The molecule has 0 aromatic heterocycles. The molecule has 0 fully saturated rings. The molecular formula is C13H12BrClN2. The number of aryl methyl sites for hydroxylation is 1. The van der Waals surface area contributed by atoms with Gasteiger partial charge in [0.25, 0.3) is 0 Å². The van der Waals surface area contributed by atoms with Crippen LogP contribution in [0.3, 0.4) is 0 Å². The highest BCUT2D eigenvalue weighted by molar-refractivity contribution is 9.10. The maximum atomic E-state index is 5.97. The number of nitrogens with two attached hydrogens (primary N) is 1. The average molecular weight is 312 g/mol. The van der Waals surface area contributed by atoms with E-state index in [0.29, 0.717) is 10.7 Å². The summed E-state index contributed by atoms with van der Waals surface area (Å²) in [6.07, 6.45) is 0. The van der Waals surface area contributed by atoms with Crippen LogP contribution in [-0.4, -0.2) is 0 Å². The molecule has 0 saturated carbocycles. The van der Waals surface area contributed by atoms with Gasteiger partial charge in [0.1, 0.15) is 0 Å². The smallest absolute Gasteiger partial charge is 0.0742 e. The molecule has 2 aromatic rings. The largest absolute Gasteiger partial charge is 0.396 e. The summed E-state index contributed by atoms with van der Waals surface area (Å²) in [5.74, 6) is 0. The minimum Gasteiger partial charge on any atom is -0.396 e. The van der Waals surface area contributed by atoms with E-state index in [1.165, 1.54) is 5.56 Å². The summed E-state index contributed by atoms with van der Waals surface area (Å²) >= 11 is 9.48. The first-order chi connectivity index (χ1) is 8.08. The van der Waals surface area contributed by atoms with E-state index < -0.39 is 0 Å². The van der Waals surface area contributed by atoms with Crippen LogP contribution in [0.4, 0.5) is 17.1 Å². The van der Waals surface area contributed by atoms with E-state index >= 15 is 0 Å². The van der Waals surface area contributed by atoms with E-state index in [4.69, 9.17) is 17.3 Å². The van der Waals surface area contributed by atoms with Gasteiger partial charge in [-0.15, -0.1) is 0 Å². The lowest BCUT2D eigenvalue weighted by Crippen LogP contribution is -1.97. The van der Waals surface area contributed by atoms with Crippen LogP contribution in [-0.2, 0) is 0 Å². The Morgan fingerprint density at radius 2 is 1.94 bits per heavy atom. The molecule has 0 aliphatic rings. The van der Waals surface area contributed by atoms with E-state index in [1.807, 2.05) is 37.3 Å². The topological polar surface area (TPSA) is 38.0 Å². The Kier molecular flexibility index (Phi) is 3.60. The molecule has 88 valence electrons. The SMILES string of the molecule is Cc1ccc(Nc2cccc(Cl)c2N)c(Br)c1. The molecule has 2 rings (SSSR count). The van der Waals surface area contributed by atoms with Crippen molar-refractivity contribution in [3.8, 4) is 0 Å². The predicted octanol–water partition coefficient (Wildman–Crippen LogP) is 4.74. The Balaban J connectivity index is 2.35. The van der Waals surface area contributed by atoms with Crippen molar-refractivity contribution in [1.82, 2.24) is 0 Å². The van der Waals surface area contributed by atoms with Crippen molar-refractivity contribution < 1.29 is 0 Å². The number of nitrogens with one attached hydrogen (secondary N) is 1. The minimum atomic E-state index is 0.554. The van der Waals surface area contributed by atoms with Crippen LogP contribution in [0, 0.1) is 6.92 Å². The number of benzene rings is 2. The number of hydrogen-bond donors (Lipinski definition) is 2. The van der Waals surface area contributed by atoms with Crippen LogP contribution in [0.25, 0.3) is 0 Å². The van der Waals surface area contributed by atoms with Gasteiger partial charge in [0.05, 0.1) is 22.1 Å². The normalized spacial score (nSPS) is 10.3. The molecule has 2 aromatic carbocycles. The summed E-state index contributed by atoms with van der Waals surface area (Å²) in [6.45, 7) is 2.04. The van der Waals surface area contributed by atoms with Gasteiger partial charge < -0.3 is 11.1 Å². The third-order valence-electron chi connectivity index (χ3n) is 2.45. The van der Waals surface area contributed by atoms with Gasteiger partial charge in [-0.25, -0.2) is 0 Å². The van der Waals surface area contributed by atoms with Gasteiger partial charge in [-0.05, 0) is 52.7 Å². The molecule has 0 atom stereocenters. The fourth-order valence-electron chi connectivity index (χ4n) is 1.51. The van der Waals surface area contributed by atoms with Gasteiger partial charge >= 0.3 is 0 Å². The zero-order chi connectivity index (χ0) is 12.4. The van der Waals surface area contributed by atoms with Crippen LogP contribution in [0.5, 0.6) is 0 Å². The van der Waals surface area contributed by atoms with E-state index in [0.717, 1.165) is 15.8 Å². The molecular weight excluding hydrogens is 300 g/mol. The van der Waals surface area contributed by atoms with Crippen molar-refractivity contribution in [2.45, 2.75) is 6.92 Å². The molecule has 0 radical (unpaired) electrons. The zero-order valence-electron chi connectivity index (χ0n) is 9.30. The van der Waals surface area contributed by atoms with E-state index in [-0.39, 0.29) is 0 Å². The molecule has 2 nitrogen and oxygen atoms in total. The number of hydrogen-bond acceptors (Lipinski definition) is 2. The zero-order valence-corrected chi connectivity index (χ0v) is 11.6. The fraction of sp³-hybridized carbons (Fsp3) is 0.0769. The molecule has 0 aliphatic carbocycles. The Labute approximate surface area is 114 Å². The summed E-state index contributed by atoms with van der Waals surface area (Å²) < 4.78 is 0.997. The second-order valence-corrected chi connectivity index (χ2v) is 5.07. The molecule has 17 heavy (non-hydrogen) atoms. The molecule has 3 N–H and O–H groups in total. The first-order valence-electron chi connectivity index (χ1n) is 5.15. The quantitative estimate of drug-likeness (QED) is 0.786. The standard InChI is InChI=1S/C13H12BrClN2/c1-8-5-6-11(9(14)7-8)17-12-4-2-3-10(15)13(12)16/h2-7,17H,16H2,1H3. The third kappa shape index (κ3) is 2.73. The van der Waals surface area contributed by atoms with Gasteiger partial charge in [-0.3, -0.25) is 0 Å². The summed E-state index contributed by atoms with van der Waals surface area (Å²) in [5.41, 5.74) is 9.42. The molecule has 0 saturated heterocycles. The van der Waals surface area contributed by atoms with E-state index in [9.17, 15) is 0 Å². The van der Waals surface area contributed by atoms with E-state index in [1.54, 1.807) is 6.07 Å². The van der Waals surface area contributed by atoms with Crippen molar-refractivity contribution in [2.24, 2.45) is 0 Å². The summed E-state index contributed by atoms with van der Waals surface area (Å²) in [5, 5.41) is 3.81. The maximum Gasteiger partial charge on any atom is 0.0742 e. The highest BCUT2D eigenvalue weighted by Crippen LogP contribution is 2.32. The molecule has 0 amide bonds. The maximum absolute atomic E-state index is 5.97. The van der Waals surface area contributed by atoms with Crippen molar-refractivity contribution in [3.05, 3.63) is 51.5 Å². The molecule has 0 bridgehead atoms. The Bertz CT molecular complexity index is 555. The minimum absolute atomic E-state index is 0.554. The Morgan fingerprint density at radius 3 is 2.65 bits per heavy atom. The highest BCUT2D eigenvalue weighted by atomic mass is 79.9. The lowest BCUT2D eigenvalue weighted by molar-refractivity contribution is 1.43. The predicted molar refractivity (Wildman–Crippen MR) is 78.0 cm³/mol. The summed E-state index contributed by atoms with van der Waals surface area (Å²) in [7, 11) is 0. The van der Waals surface area contributed by atoms with E-state index in [2.05, 4.69) is 21.2 Å². The monoisotopic (exact) mass is 310 g/mol. The first-order valence-corrected chi connectivity index (χ1v) is 6.32.